The van der Waals surface area contributed by atoms with E-state index in [4.69, 9.17) is 14.1 Å². The van der Waals surface area contributed by atoms with Crippen molar-refractivity contribution < 1.29 is 9.15 Å². The molecule has 0 spiro atoms. The highest BCUT2D eigenvalue weighted by Crippen LogP contribution is 2.28. The lowest BCUT2D eigenvalue weighted by molar-refractivity contribution is 0.304. The first-order valence-electron chi connectivity index (χ1n) is 11.8. The predicted octanol–water partition coefficient (Wildman–Crippen LogP) is 7.80. The number of rotatable bonds is 6. The minimum absolute atomic E-state index is 0.282. The van der Waals surface area contributed by atoms with Crippen molar-refractivity contribution in [2.45, 2.75) is 6.61 Å². The Morgan fingerprint density at radius 1 is 0.921 bits per heavy atom. The Morgan fingerprint density at radius 3 is 2.53 bits per heavy atom. The zero-order valence-electron chi connectivity index (χ0n) is 19.8. The molecule has 8 heteroatoms. The molecule has 38 heavy (non-hydrogen) atoms. The lowest BCUT2D eigenvalue weighted by atomic mass is 10.2. The second-order valence-electron chi connectivity index (χ2n) is 8.57. The highest BCUT2D eigenvalue weighted by Gasteiger charge is 2.16. The van der Waals surface area contributed by atoms with Gasteiger partial charge in [-0.15, -0.1) is 0 Å². The van der Waals surface area contributed by atoms with Crippen LogP contribution in [-0.2, 0) is 6.61 Å². The molecule has 6 aromatic rings. The van der Waals surface area contributed by atoms with Crippen molar-refractivity contribution >= 4 is 59.9 Å². The average molecular weight is 629 g/mol. The van der Waals surface area contributed by atoms with Crippen molar-refractivity contribution in [1.82, 2.24) is 9.66 Å². The molecule has 0 atom stereocenters. The fraction of sp³-hybridized carbons (Fsp3) is 0.0333. The summed E-state index contributed by atoms with van der Waals surface area (Å²) in [5.74, 6) is 1.50. The van der Waals surface area contributed by atoms with E-state index in [0.29, 0.717) is 40.4 Å². The molecule has 0 radical (unpaired) electrons. The molecular weight excluding hydrogens is 610 g/mol. The van der Waals surface area contributed by atoms with Gasteiger partial charge in [0.05, 0.1) is 21.6 Å². The van der Waals surface area contributed by atoms with Crippen LogP contribution in [0.1, 0.15) is 11.1 Å². The van der Waals surface area contributed by atoms with E-state index in [0.717, 1.165) is 25.5 Å². The minimum atomic E-state index is -0.282. The molecule has 4 aromatic carbocycles. The Balaban J connectivity index is 1.34. The predicted molar refractivity (Wildman–Crippen MR) is 157 cm³/mol. The van der Waals surface area contributed by atoms with Crippen LogP contribution in [-0.4, -0.2) is 15.9 Å². The summed E-state index contributed by atoms with van der Waals surface area (Å²) in [4.78, 5) is 18.2. The van der Waals surface area contributed by atoms with Crippen molar-refractivity contribution in [2.24, 2.45) is 5.10 Å². The maximum absolute atomic E-state index is 13.5. The number of hydrogen-bond donors (Lipinski definition) is 0. The molecule has 0 unspecified atom stereocenters. The Bertz CT molecular complexity index is 1840. The van der Waals surface area contributed by atoms with Gasteiger partial charge in [0, 0.05) is 9.86 Å². The van der Waals surface area contributed by atoms with Gasteiger partial charge >= 0.3 is 0 Å². The summed E-state index contributed by atoms with van der Waals surface area (Å²) in [5.41, 5.74) is 2.85. The number of para-hydroxylation sites is 2. The van der Waals surface area contributed by atoms with Crippen molar-refractivity contribution in [3.63, 3.8) is 0 Å². The van der Waals surface area contributed by atoms with E-state index in [1.54, 1.807) is 18.3 Å². The molecule has 0 saturated carbocycles. The zero-order chi connectivity index (χ0) is 26.1. The van der Waals surface area contributed by atoms with Gasteiger partial charge in [-0.1, -0.05) is 58.4 Å². The fourth-order valence-electron chi connectivity index (χ4n) is 4.06. The third kappa shape index (κ3) is 4.92. The molecule has 0 aliphatic carbocycles. The van der Waals surface area contributed by atoms with Gasteiger partial charge in [0.1, 0.15) is 17.9 Å². The lowest BCUT2D eigenvalue weighted by Gasteiger charge is -2.09. The molecule has 0 bridgehead atoms. The molecule has 2 aromatic heterocycles. The van der Waals surface area contributed by atoms with Crippen LogP contribution in [0.2, 0.25) is 0 Å². The van der Waals surface area contributed by atoms with Gasteiger partial charge in [0.15, 0.2) is 5.76 Å². The van der Waals surface area contributed by atoms with E-state index in [2.05, 4.69) is 37.0 Å². The second kappa shape index (κ2) is 10.4. The van der Waals surface area contributed by atoms with Gasteiger partial charge in [-0.2, -0.15) is 9.78 Å². The Labute approximate surface area is 234 Å². The van der Waals surface area contributed by atoms with E-state index in [1.165, 1.54) is 4.68 Å². The first-order valence-corrected chi connectivity index (χ1v) is 13.4. The van der Waals surface area contributed by atoms with Gasteiger partial charge < -0.3 is 9.15 Å². The maximum Gasteiger partial charge on any atom is 0.282 e. The van der Waals surface area contributed by atoms with E-state index >= 15 is 0 Å². The number of nitrogens with zero attached hydrogens (tertiary/aromatic N) is 3. The summed E-state index contributed by atoms with van der Waals surface area (Å²) in [6.07, 6.45) is 1.62. The van der Waals surface area contributed by atoms with Crippen LogP contribution < -0.4 is 10.3 Å². The SMILES string of the molecule is O=c1c2ccccc2nc(-c2cc3ccccc3o2)n1N=Cc1ccc(OCc2ccc(Br)cc2)c(Br)c1. The Morgan fingerprint density at radius 2 is 1.71 bits per heavy atom. The molecule has 0 saturated heterocycles. The first-order chi connectivity index (χ1) is 18.5. The number of ether oxygens (including phenoxy) is 1. The van der Waals surface area contributed by atoms with Crippen LogP contribution in [0.3, 0.4) is 0 Å². The van der Waals surface area contributed by atoms with Gasteiger partial charge in [0.2, 0.25) is 5.82 Å². The average Bonchev–Trinajstić information content (AvgIpc) is 3.37. The quantitative estimate of drug-likeness (QED) is 0.177. The second-order valence-corrected chi connectivity index (χ2v) is 10.3. The summed E-state index contributed by atoms with van der Waals surface area (Å²) in [5, 5.41) is 5.93. The molecule has 0 N–H and O–H groups in total. The minimum Gasteiger partial charge on any atom is -0.488 e. The Kier molecular flexibility index (Phi) is 6.66. The van der Waals surface area contributed by atoms with E-state index < -0.39 is 0 Å². The third-order valence-electron chi connectivity index (χ3n) is 5.99. The monoisotopic (exact) mass is 627 g/mol. The van der Waals surface area contributed by atoms with Crippen molar-refractivity contribution in [3.8, 4) is 17.3 Å². The summed E-state index contributed by atoms with van der Waals surface area (Å²) in [6, 6.07) is 30.4. The molecule has 6 nitrogen and oxygen atoms in total. The summed E-state index contributed by atoms with van der Waals surface area (Å²) >= 11 is 7.03. The van der Waals surface area contributed by atoms with Gasteiger partial charge in [-0.3, -0.25) is 4.79 Å². The zero-order valence-corrected chi connectivity index (χ0v) is 23.0. The molecule has 2 heterocycles. The highest BCUT2D eigenvalue weighted by molar-refractivity contribution is 9.10. The highest BCUT2D eigenvalue weighted by atomic mass is 79.9. The van der Waals surface area contributed by atoms with E-state index in [9.17, 15) is 4.79 Å². The summed E-state index contributed by atoms with van der Waals surface area (Å²) in [7, 11) is 0. The van der Waals surface area contributed by atoms with Gasteiger partial charge in [-0.25, -0.2) is 4.98 Å². The normalized spacial score (nSPS) is 11.5. The van der Waals surface area contributed by atoms with Gasteiger partial charge in [0.25, 0.3) is 5.56 Å². The molecule has 6 rings (SSSR count). The lowest BCUT2D eigenvalue weighted by Crippen LogP contribution is -2.20. The van der Waals surface area contributed by atoms with Crippen molar-refractivity contribution in [2.75, 3.05) is 0 Å². The van der Waals surface area contributed by atoms with Crippen molar-refractivity contribution in [3.05, 3.63) is 127 Å². The number of benzene rings is 4. The first kappa shape index (κ1) is 24.3. The largest absolute Gasteiger partial charge is 0.488 e. The molecule has 0 amide bonds. The maximum atomic E-state index is 13.5. The van der Waals surface area contributed by atoms with Crippen LogP contribution in [0.25, 0.3) is 33.5 Å². The number of hydrogen-bond acceptors (Lipinski definition) is 5. The number of aromatic nitrogens is 2. The molecule has 0 aliphatic rings. The van der Waals surface area contributed by atoms with Crippen molar-refractivity contribution in [1.29, 1.82) is 0 Å². The van der Waals surface area contributed by atoms with Crippen LogP contribution in [0, 0.1) is 0 Å². The van der Waals surface area contributed by atoms with Crippen LogP contribution in [0.4, 0.5) is 0 Å². The fourth-order valence-corrected chi connectivity index (χ4v) is 4.84. The van der Waals surface area contributed by atoms with Crippen LogP contribution in [0.15, 0.2) is 120 Å². The summed E-state index contributed by atoms with van der Waals surface area (Å²) in [6.45, 7) is 0.443. The Hall–Kier alpha value is -4.01. The topological polar surface area (TPSA) is 69.6 Å². The van der Waals surface area contributed by atoms with Crippen LogP contribution >= 0.6 is 31.9 Å². The molecule has 0 aliphatic heterocycles. The molecule has 186 valence electrons. The molecule has 0 fully saturated rings. The van der Waals surface area contributed by atoms with E-state index in [-0.39, 0.29) is 5.56 Å². The summed E-state index contributed by atoms with van der Waals surface area (Å²) < 4.78 is 15.1. The smallest absolute Gasteiger partial charge is 0.282 e. The molecular formula is C30H19Br2N3O3. The van der Waals surface area contributed by atoms with Crippen LogP contribution in [0.5, 0.6) is 5.75 Å². The third-order valence-corrected chi connectivity index (χ3v) is 7.13. The standard InChI is InChI=1S/C30H19Br2N3O3/c31-22-12-9-19(10-13-22)18-37-27-14-11-20(15-24(27)32)17-33-35-29(28-16-21-5-1-4-8-26(21)38-28)34-25-7-3-2-6-23(25)30(35)36/h1-17H,18H2. The number of furan rings is 1. The number of fused-ring (bicyclic) bond motifs is 2. The number of halogens is 2. The van der Waals surface area contributed by atoms with E-state index in [1.807, 2.05) is 84.9 Å². The van der Waals surface area contributed by atoms with Gasteiger partial charge in [-0.05, 0) is 81.7 Å².